The topological polar surface area (TPSA) is 82.1 Å². The summed E-state index contributed by atoms with van der Waals surface area (Å²) in [5.41, 5.74) is 1.30. The first kappa shape index (κ1) is 17.5. The maximum absolute atomic E-state index is 12.2. The van der Waals surface area contributed by atoms with Crippen molar-refractivity contribution in [2.75, 3.05) is 20.8 Å². The maximum Gasteiger partial charge on any atom is 0.338 e. The van der Waals surface area contributed by atoms with Gasteiger partial charge in [-0.15, -0.1) is 0 Å². The minimum Gasteiger partial charge on any atom is -0.497 e. The third-order valence-electron chi connectivity index (χ3n) is 3.42. The first-order valence-electron chi connectivity index (χ1n) is 7.21. The number of carbonyl (C=O) groups is 2. The second-order valence-corrected chi connectivity index (χ2v) is 4.92. The molecule has 2 aromatic carbocycles. The van der Waals surface area contributed by atoms with E-state index < -0.39 is 12.6 Å². The highest BCUT2D eigenvalue weighted by molar-refractivity contribution is 6.01. The van der Waals surface area contributed by atoms with Gasteiger partial charge in [-0.1, -0.05) is 12.1 Å². The van der Waals surface area contributed by atoms with E-state index >= 15 is 0 Å². The lowest BCUT2D eigenvalue weighted by Crippen LogP contribution is -2.15. The van der Waals surface area contributed by atoms with Gasteiger partial charge in [0.1, 0.15) is 11.5 Å². The van der Waals surface area contributed by atoms with Crippen molar-refractivity contribution in [3.8, 4) is 11.5 Å². The first-order valence-corrected chi connectivity index (χ1v) is 7.21. The van der Waals surface area contributed by atoms with Crippen LogP contribution < -0.4 is 9.47 Å². The van der Waals surface area contributed by atoms with Crippen molar-refractivity contribution >= 4 is 11.8 Å². The molecule has 0 aromatic heterocycles. The van der Waals surface area contributed by atoms with E-state index in [1.807, 2.05) is 0 Å². The number of aliphatic hydroxyl groups is 1. The van der Waals surface area contributed by atoms with Crippen LogP contribution in [-0.4, -0.2) is 37.7 Å². The molecule has 1 N–H and O–H groups in total. The monoisotopic (exact) mass is 330 g/mol. The zero-order valence-corrected chi connectivity index (χ0v) is 13.4. The van der Waals surface area contributed by atoms with Gasteiger partial charge in [0, 0.05) is 6.07 Å². The molecule has 0 saturated heterocycles. The second-order valence-electron chi connectivity index (χ2n) is 4.92. The first-order chi connectivity index (χ1) is 11.6. The molecule has 6 heteroatoms. The summed E-state index contributed by atoms with van der Waals surface area (Å²) in [6.45, 7) is -0.506. The number of hydrogen-bond acceptors (Lipinski definition) is 6. The zero-order chi connectivity index (χ0) is 17.5. The maximum atomic E-state index is 12.2. The highest BCUT2D eigenvalue weighted by atomic mass is 16.5. The lowest BCUT2D eigenvalue weighted by molar-refractivity contribution is 0.0474. The average molecular weight is 330 g/mol. The summed E-state index contributed by atoms with van der Waals surface area (Å²) in [6, 6.07) is 11.1. The lowest BCUT2D eigenvalue weighted by Gasteiger charge is -2.10. The number of ether oxygens (including phenoxy) is 3. The zero-order valence-electron chi connectivity index (χ0n) is 13.4. The van der Waals surface area contributed by atoms with Crippen LogP contribution in [0.25, 0.3) is 0 Å². The Hall–Kier alpha value is -2.86. The summed E-state index contributed by atoms with van der Waals surface area (Å²) in [7, 11) is 2.96. The van der Waals surface area contributed by atoms with Crippen LogP contribution in [0.5, 0.6) is 11.5 Å². The van der Waals surface area contributed by atoms with Crippen LogP contribution in [0.1, 0.15) is 26.3 Å². The number of rotatable bonds is 7. The molecular weight excluding hydrogens is 312 g/mol. The molecule has 126 valence electrons. The number of ketones is 1. The number of benzene rings is 2. The SMILES string of the molecule is COc1ccc(C(=O)COC(=O)c2ccc(CO)cc2)c(OC)c1. The number of esters is 1. The average Bonchev–Trinajstić information content (AvgIpc) is 2.65. The minimum atomic E-state index is -0.611. The van der Waals surface area contributed by atoms with Crippen molar-refractivity contribution in [3.05, 3.63) is 59.2 Å². The Morgan fingerprint density at radius 1 is 1.00 bits per heavy atom. The van der Waals surface area contributed by atoms with Gasteiger partial charge in [-0.25, -0.2) is 4.79 Å². The summed E-state index contributed by atoms with van der Waals surface area (Å²) in [6.07, 6.45) is 0. The number of methoxy groups -OCH3 is 2. The molecule has 0 fully saturated rings. The molecule has 0 saturated carbocycles. The quantitative estimate of drug-likeness (QED) is 0.619. The van der Waals surface area contributed by atoms with Crippen molar-refractivity contribution in [2.24, 2.45) is 0 Å². The molecule has 6 nitrogen and oxygen atoms in total. The highest BCUT2D eigenvalue weighted by Crippen LogP contribution is 2.25. The Morgan fingerprint density at radius 2 is 1.71 bits per heavy atom. The van der Waals surface area contributed by atoms with E-state index in [0.717, 1.165) is 0 Å². The van der Waals surface area contributed by atoms with Gasteiger partial charge in [0.25, 0.3) is 0 Å². The predicted octanol–water partition coefficient (Wildman–Crippen LogP) is 2.24. The predicted molar refractivity (Wildman–Crippen MR) is 86.5 cm³/mol. The van der Waals surface area contributed by atoms with E-state index in [4.69, 9.17) is 19.3 Å². The van der Waals surface area contributed by atoms with E-state index in [1.165, 1.54) is 26.4 Å². The Balaban J connectivity index is 2.03. The van der Waals surface area contributed by atoms with Gasteiger partial charge >= 0.3 is 5.97 Å². The highest BCUT2D eigenvalue weighted by Gasteiger charge is 2.16. The molecule has 0 bridgehead atoms. The summed E-state index contributed by atoms with van der Waals surface area (Å²) in [5, 5.41) is 8.97. The number of hydrogen-bond donors (Lipinski definition) is 1. The van der Waals surface area contributed by atoms with Gasteiger partial charge in [-0.3, -0.25) is 4.79 Å². The smallest absolute Gasteiger partial charge is 0.338 e. The minimum absolute atomic E-state index is 0.106. The van der Waals surface area contributed by atoms with Crippen LogP contribution in [0.4, 0.5) is 0 Å². The van der Waals surface area contributed by atoms with E-state index in [9.17, 15) is 9.59 Å². The van der Waals surface area contributed by atoms with Crippen molar-refractivity contribution in [1.82, 2.24) is 0 Å². The van der Waals surface area contributed by atoms with Gasteiger partial charge in [0.2, 0.25) is 5.78 Å². The number of carbonyl (C=O) groups excluding carboxylic acids is 2. The summed E-state index contributed by atoms with van der Waals surface area (Å²) < 4.78 is 15.3. The normalized spacial score (nSPS) is 10.1. The van der Waals surface area contributed by atoms with E-state index in [-0.39, 0.29) is 12.4 Å². The van der Waals surface area contributed by atoms with Crippen molar-refractivity contribution in [2.45, 2.75) is 6.61 Å². The standard InChI is InChI=1S/C18H18O6/c1-22-14-7-8-15(17(9-14)23-2)16(20)11-24-18(21)13-5-3-12(10-19)4-6-13/h3-9,19H,10-11H2,1-2H3. The van der Waals surface area contributed by atoms with Crippen molar-refractivity contribution in [1.29, 1.82) is 0 Å². The second kappa shape index (κ2) is 8.12. The summed E-state index contributed by atoms with van der Waals surface area (Å²) >= 11 is 0. The van der Waals surface area contributed by atoms with Crippen LogP contribution in [0.2, 0.25) is 0 Å². The van der Waals surface area contributed by atoms with Gasteiger partial charge in [0.05, 0.1) is 32.0 Å². The van der Waals surface area contributed by atoms with Gasteiger partial charge in [-0.05, 0) is 29.8 Å². The van der Waals surface area contributed by atoms with Gasteiger partial charge in [-0.2, -0.15) is 0 Å². The molecule has 0 radical (unpaired) electrons. The molecule has 0 spiro atoms. The van der Waals surface area contributed by atoms with E-state index in [0.29, 0.717) is 28.2 Å². The molecule has 0 aliphatic carbocycles. The fourth-order valence-corrected chi connectivity index (χ4v) is 2.07. The molecule has 0 atom stereocenters. The number of aliphatic hydroxyl groups excluding tert-OH is 1. The summed E-state index contributed by atoms with van der Waals surface area (Å²) in [5.74, 6) is -0.0813. The molecule has 0 aliphatic heterocycles. The Labute approximate surface area is 139 Å². The Kier molecular flexibility index (Phi) is 5.92. The number of Topliss-reactive ketones (excluding diaryl/α,β-unsaturated/α-hetero) is 1. The Morgan fingerprint density at radius 3 is 2.29 bits per heavy atom. The fraction of sp³-hybridized carbons (Fsp3) is 0.222. The van der Waals surface area contributed by atoms with E-state index in [1.54, 1.807) is 30.3 Å². The van der Waals surface area contributed by atoms with Crippen molar-refractivity contribution < 1.29 is 28.9 Å². The van der Waals surface area contributed by atoms with Crippen LogP contribution in [0.15, 0.2) is 42.5 Å². The molecular formula is C18H18O6. The van der Waals surface area contributed by atoms with Crippen LogP contribution in [0.3, 0.4) is 0 Å². The molecule has 2 rings (SSSR count). The van der Waals surface area contributed by atoms with Gasteiger partial charge in [0.15, 0.2) is 6.61 Å². The van der Waals surface area contributed by atoms with Crippen molar-refractivity contribution in [3.63, 3.8) is 0 Å². The lowest BCUT2D eigenvalue weighted by atomic mass is 10.1. The van der Waals surface area contributed by atoms with Crippen LogP contribution in [0, 0.1) is 0 Å². The fourth-order valence-electron chi connectivity index (χ4n) is 2.07. The molecule has 24 heavy (non-hydrogen) atoms. The molecule has 0 heterocycles. The largest absolute Gasteiger partial charge is 0.497 e. The van der Waals surface area contributed by atoms with Crippen LogP contribution in [-0.2, 0) is 11.3 Å². The third kappa shape index (κ3) is 4.11. The molecule has 0 amide bonds. The molecule has 0 aliphatic rings. The molecule has 2 aromatic rings. The van der Waals surface area contributed by atoms with Gasteiger partial charge < -0.3 is 19.3 Å². The Bertz CT molecular complexity index is 721. The summed E-state index contributed by atoms with van der Waals surface area (Å²) in [4.78, 5) is 24.2. The molecule has 0 unspecified atom stereocenters. The third-order valence-corrected chi connectivity index (χ3v) is 3.42. The van der Waals surface area contributed by atoms with E-state index in [2.05, 4.69) is 0 Å². The van der Waals surface area contributed by atoms with Crippen LogP contribution >= 0.6 is 0 Å².